The Morgan fingerprint density at radius 3 is 2.53 bits per heavy atom. The third-order valence-electron chi connectivity index (χ3n) is 1.70. The van der Waals surface area contributed by atoms with E-state index >= 15 is 0 Å². The summed E-state index contributed by atoms with van der Waals surface area (Å²) in [5, 5.41) is 16.2. The maximum Gasteiger partial charge on any atom is 0.247 e. The molecule has 0 saturated heterocycles. The van der Waals surface area contributed by atoms with Gasteiger partial charge in [0.05, 0.1) is 6.07 Å². The van der Waals surface area contributed by atoms with Crippen molar-refractivity contribution in [3.63, 3.8) is 0 Å². The first-order valence-corrected chi connectivity index (χ1v) is 5.75. The number of carbonyl (C=O) groups excluding carboxylic acids is 1. The predicted molar refractivity (Wildman–Crippen MR) is 51.8 cm³/mol. The lowest BCUT2D eigenvalue weighted by Crippen LogP contribution is -2.42. The highest BCUT2D eigenvalue weighted by Gasteiger charge is 2.24. The SMILES string of the molecule is CCC(C#N)S(=O)(=O)NCC(O)C(N)=O. The van der Waals surface area contributed by atoms with E-state index in [1.54, 1.807) is 6.07 Å². The first kappa shape index (κ1) is 13.8. The molecule has 0 aromatic carbocycles. The van der Waals surface area contributed by atoms with Gasteiger partial charge in [0, 0.05) is 6.54 Å². The molecule has 0 fully saturated rings. The molecule has 1 amide bonds. The van der Waals surface area contributed by atoms with Crippen molar-refractivity contribution in [1.82, 2.24) is 4.72 Å². The van der Waals surface area contributed by atoms with Crippen molar-refractivity contribution >= 4 is 15.9 Å². The second kappa shape index (κ2) is 5.65. The Labute approximate surface area is 87.9 Å². The fourth-order valence-corrected chi connectivity index (χ4v) is 1.95. The lowest BCUT2D eigenvalue weighted by molar-refractivity contribution is -0.125. The summed E-state index contributed by atoms with van der Waals surface area (Å²) >= 11 is 0. The minimum Gasteiger partial charge on any atom is -0.382 e. The lowest BCUT2D eigenvalue weighted by Gasteiger charge is -2.11. The number of nitriles is 1. The van der Waals surface area contributed by atoms with Crippen LogP contribution in [-0.4, -0.2) is 37.3 Å². The number of nitrogens with zero attached hydrogens (tertiary/aromatic N) is 1. The van der Waals surface area contributed by atoms with Gasteiger partial charge < -0.3 is 10.8 Å². The largest absolute Gasteiger partial charge is 0.382 e. The van der Waals surface area contributed by atoms with Gasteiger partial charge in [-0.1, -0.05) is 6.92 Å². The molecule has 0 bridgehead atoms. The van der Waals surface area contributed by atoms with Crippen molar-refractivity contribution in [3.8, 4) is 6.07 Å². The normalized spacial score (nSPS) is 15.3. The van der Waals surface area contributed by atoms with Crippen LogP contribution in [0.15, 0.2) is 0 Å². The van der Waals surface area contributed by atoms with Crippen LogP contribution in [0.2, 0.25) is 0 Å². The van der Waals surface area contributed by atoms with Crippen molar-refractivity contribution in [1.29, 1.82) is 5.26 Å². The summed E-state index contributed by atoms with van der Waals surface area (Å²) in [4.78, 5) is 10.4. The monoisotopic (exact) mass is 235 g/mol. The van der Waals surface area contributed by atoms with Crippen molar-refractivity contribution in [3.05, 3.63) is 0 Å². The number of aliphatic hydroxyl groups is 1. The van der Waals surface area contributed by atoms with Crippen LogP contribution in [0.5, 0.6) is 0 Å². The average Bonchev–Trinajstić information content (AvgIpc) is 2.15. The molecular weight excluding hydrogens is 222 g/mol. The predicted octanol–water partition coefficient (Wildman–Crippen LogP) is -1.95. The number of amides is 1. The maximum atomic E-state index is 11.3. The molecule has 0 aliphatic rings. The number of primary amides is 1. The van der Waals surface area contributed by atoms with Crippen LogP contribution in [0.25, 0.3) is 0 Å². The van der Waals surface area contributed by atoms with Gasteiger partial charge in [0.2, 0.25) is 15.9 Å². The van der Waals surface area contributed by atoms with E-state index in [9.17, 15) is 13.2 Å². The van der Waals surface area contributed by atoms with Gasteiger partial charge in [-0.2, -0.15) is 5.26 Å². The molecule has 8 heteroatoms. The van der Waals surface area contributed by atoms with Gasteiger partial charge in [-0.3, -0.25) is 4.79 Å². The van der Waals surface area contributed by atoms with Gasteiger partial charge in [-0.15, -0.1) is 0 Å². The number of rotatable bonds is 6. The summed E-state index contributed by atoms with van der Waals surface area (Å²) in [7, 11) is -3.83. The second-order valence-electron chi connectivity index (χ2n) is 2.84. The van der Waals surface area contributed by atoms with Crippen LogP contribution in [0.3, 0.4) is 0 Å². The Kier molecular flexibility index (Phi) is 5.21. The van der Waals surface area contributed by atoms with Gasteiger partial charge >= 0.3 is 0 Å². The van der Waals surface area contributed by atoms with E-state index in [0.717, 1.165) is 0 Å². The van der Waals surface area contributed by atoms with Crippen LogP contribution >= 0.6 is 0 Å². The molecule has 0 aromatic rings. The van der Waals surface area contributed by atoms with Gasteiger partial charge in [-0.25, -0.2) is 13.1 Å². The summed E-state index contributed by atoms with van der Waals surface area (Å²) in [5.74, 6) is -1.03. The number of nitrogens with two attached hydrogens (primary N) is 1. The quantitative estimate of drug-likeness (QED) is 0.492. The van der Waals surface area contributed by atoms with Crippen LogP contribution in [0.4, 0.5) is 0 Å². The summed E-state index contributed by atoms with van der Waals surface area (Å²) in [5.41, 5.74) is 4.72. The van der Waals surface area contributed by atoms with Crippen molar-refractivity contribution in [2.75, 3.05) is 6.54 Å². The minimum atomic E-state index is -3.83. The highest BCUT2D eigenvalue weighted by atomic mass is 32.2. The zero-order valence-electron chi connectivity index (χ0n) is 8.17. The fourth-order valence-electron chi connectivity index (χ4n) is 0.776. The molecule has 15 heavy (non-hydrogen) atoms. The molecule has 0 aliphatic carbocycles. The van der Waals surface area contributed by atoms with Gasteiger partial charge in [-0.05, 0) is 6.42 Å². The van der Waals surface area contributed by atoms with Gasteiger partial charge in [0.25, 0.3) is 0 Å². The lowest BCUT2D eigenvalue weighted by atomic mass is 10.3. The Balaban J connectivity index is 4.42. The van der Waals surface area contributed by atoms with E-state index in [4.69, 9.17) is 16.1 Å². The molecule has 0 aromatic heterocycles. The maximum absolute atomic E-state index is 11.3. The van der Waals surface area contributed by atoms with E-state index in [1.165, 1.54) is 6.92 Å². The van der Waals surface area contributed by atoms with Gasteiger partial charge in [0.1, 0.15) is 6.10 Å². The van der Waals surface area contributed by atoms with E-state index < -0.39 is 33.8 Å². The van der Waals surface area contributed by atoms with Crippen molar-refractivity contribution in [2.45, 2.75) is 24.7 Å². The first-order valence-electron chi connectivity index (χ1n) is 4.20. The number of aliphatic hydroxyl groups excluding tert-OH is 1. The summed E-state index contributed by atoms with van der Waals surface area (Å²) in [6.45, 7) is 1.02. The molecule has 4 N–H and O–H groups in total. The van der Waals surface area contributed by atoms with E-state index in [1.807, 2.05) is 4.72 Å². The first-order chi connectivity index (χ1) is 6.85. The Morgan fingerprint density at radius 1 is 1.67 bits per heavy atom. The highest BCUT2D eigenvalue weighted by molar-refractivity contribution is 7.90. The molecule has 2 unspecified atom stereocenters. The second-order valence-corrected chi connectivity index (χ2v) is 4.79. The molecule has 7 nitrogen and oxygen atoms in total. The fraction of sp³-hybridized carbons (Fsp3) is 0.714. The number of carbonyl (C=O) groups is 1. The summed E-state index contributed by atoms with van der Waals surface area (Å²) < 4.78 is 24.6. The number of nitrogens with one attached hydrogen (secondary N) is 1. The van der Waals surface area contributed by atoms with Gasteiger partial charge in [0.15, 0.2) is 5.25 Å². The van der Waals surface area contributed by atoms with Crippen molar-refractivity contribution in [2.24, 2.45) is 5.73 Å². The summed E-state index contributed by atoms with van der Waals surface area (Å²) in [6.07, 6.45) is -1.46. The molecule has 0 rings (SSSR count). The zero-order chi connectivity index (χ0) is 12.1. The van der Waals surface area contributed by atoms with Crippen LogP contribution in [0.1, 0.15) is 13.3 Å². The molecular formula is C7H13N3O4S. The number of sulfonamides is 1. The highest BCUT2D eigenvalue weighted by Crippen LogP contribution is 2.02. The average molecular weight is 235 g/mol. The molecule has 2 atom stereocenters. The molecule has 0 spiro atoms. The Hall–Kier alpha value is -1.17. The van der Waals surface area contributed by atoms with E-state index in [0.29, 0.717) is 0 Å². The standard InChI is InChI=1S/C7H13N3O4S/c1-2-5(3-8)15(13,14)10-4-6(11)7(9)12/h5-6,10-11H,2,4H2,1H3,(H2,9,12). The molecule has 0 aliphatic heterocycles. The van der Waals surface area contributed by atoms with Crippen LogP contribution in [-0.2, 0) is 14.8 Å². The Bertz CT molecular complexity index is 359. The van der Waals surface area contributed by atoms with E-state index in [2.05, 4.69) is 0 Å². The molecule has 0 radical (unpaired) electrons. The van der Waals surface area contributed by atoms with Crippen molar-refractivity contribution < 1.29 is 18.3 Å². The van der Waals surface area contributed by atoms with E-state index in [-0.39, 0.29) is 6.42 Å². The molecule has 0 heterocycles. The third-order valence-corrected chi connectivity index (χ3v) is 3.45. The topological polar surface area (TPSA) is 133 Å². The smallest absolute Gasteiger partial charge is 0.247 e. The molecule has 86 valence electrons. The summed E-state index contributed by atoms with van der Waals surface area (Å²) in [6, 6.07) is 1.60. The minimum absolute atomic E-state index is 0.124. The number of hydrogen-bond donors (Lipinski definition) is 3. The van der Waals surface area contributed by atoms with Crippen LogP contribution in [0, 0.1) is 11.3 Å². The number of hydrogen-bond acceptors (Lipinski definition) is 5. The van der Waals surface area contributed by atoms with Crippen LogP contribution < -0.4 is 10.5 Å². The Morgan fingerprint density at radius 2 is 2.20 bits per heavy atom. The third kappa shape index (κ3) is 4.24. The zero-order valence-corrected chi connectivity index (χ0v) is 8.99. The molecule has 0 saturated carbocycles.